The van der Waals surface area contributed by atoms with Crippen LogP contribution in [0.25, 0.3) is 115 Å². The number of anilines is 4. The molecule has 0 saturated carbocycles. The Morgan fingerprint density at radius 1 is 0.358 bits per heavy atom. The molecule has 5 heteroatoms. The van der Waals surface area contributed by atoms with Crippen molar-refractivity contribution in [3.8, 4) is 67.1 Å². The molecule has 81 heavy (non-hydrogen) atoms. The van der Waals surface area contributed by atoms with Crippen molar-refractivity contribution < 1.29 is 4.74 Å². The number of benzene rings is 11. The van der Waals surface area contributed by atoms with Gasteiger partial charge in [-0.2, -0.15) is 0 Å². The molecule has 2 aliphatic rings. The maximum Gasteiger partial charge on any atom is 0.145 e. The van der Waals surface area contributed by atoms with Gasteiger partial charge in [0, 0.05) is 67.7 Å². The SMILES string of the molecule is CC(C)(C)c1ccc(-c2cnc3c(c2)c2ccccc2c2ccccc2c2cccc4c5ccc(Oc6ccc7c(c6)N6CN(c8c(-c9ccccc9)cccc8-c8ccccc8)c8cccc(c86)-c6ccccc6-7)cc5n3c24)cc1. The van der Waals surface area contributed by atoms with E-state index >= 15 is 0 Å². The molecule has 2 aliphatic heterocycles. The van der Waals surface area contributed by atoms with E-state index in [2.05, 4.69) is 296 Å². The first-order valence-corrected chi connectivity index (χ1v) is 28.0. The lowest BCUT2D eigenvalue weighted by molar-refractivity contribution is 0.483. The predicted octanol–water partition coefficient (Wildman–Crippen LogP) is 20.6. The quantitative estimate of drug-likeness (QED) is 0.166. The second-order valence-corrected chi connectivity index (χ2v) is 22.7. The number of nitrogens with zero attached hydrogens (tertiary/aromatic N) is 4. The second kappa shape index (κ2) is 18.2. The molecule has 384 valence electrons. The first-order chi connectivity index (χ1) is 39.8. The van der Waals surface area contributed by atoms with E-state index in [-0.39, 0.29) is 5.41 Å². The van der Waals surface area contributed by atoms with Crippen LogP contribution in [0.1, 0.15) is 26.3 Å². The topological polar surface area (TPSA) is 33.0 Å². The first kappa shape index (κ1) is 46.8. The average Bonchev–Trinajstić information content (AvgIpc) is 4.09. The molecule has 11 aromatic carbocycles. The van der Waals surface area contributed by atoms with Gasteiger partial charge in [0.25, 0.3) is 0 Å². The summed E-state index contributed by atoms with van der Waals surface area (Å²) in [5.41, 5.74) is 20.6. The zero-order valence-corrected chi connectivity index (χ0v) is 45.2. The van der Waals surface area contributed by atoms with Crippen molar-refractivity contribution in [3.05, 3.63) is 267 Å². The van der Waals surface area contributed by atoms with Gasteiger partial charge in [-0.3, -0.25) is 4.40 Å². The molecule has 0 saturated heterocycles. The van der Waals surface area contributed by atoms with Crippen molar-refractivity contribution in [2.24, 2.45) is 0 Å². The maximum absolute atomic E-state index is 7.21. The molecule has 0 radical (unpaired) electrons. The number of pyridine rings is 1. The van der Waals surface area contributed by atoms with Gasteiger partial charge in [-0.25, -0.2) is 4.98 Å². The Balaban J connectivity index is 0.890. The Morgan fingerprint density at radius 3 is 1.56 bits per heavy atom. The minimum atomic E-state index is 0.0475. The zero-order valence-electron chi connectivity index (χ0n) is 45.2. The maximum atomic E-state index is 7.21. The molecule has 16 rings (SSSR count). The van der Waals surface area contributed by atoms with E-state index in [4.69, 9.17) is 9.72 Å². The Kier molecular flexibility index (Phi) is 10.5. The van der Waals surface area contributed by atoms with E-state index in [1.54, 1.807) is 0 Å². The molecule has 0 atom stereocenters. The number of para-hydroxylation sites is 3. The summed E-state index contributed by atoms with van der Waals surface area (Å²) in [6.07, 6.45) is 2.05. The van der Waals surface area contributed by atoms with Gasteiger partial charge >= 0.3 is 0 Å². The van der Waals surface area contributed by atoms with Crippen molar-refractivity contribution >= 4 is 82.5 Å². The van der Waals surface area contributed by atoms with Crippen LogP contribution in [-0.2, 0) is 5.41 Å². The monoisotopic (exact) mass is 1040 g/mol. The van der Waals surface area contributed by atoms with Crippen LogP contribution in [0.4, 0.5) is 22.7 Å². The fraction of sp³-hybridized carbons (Fsp3) is 0.0658. The van der Waals surface area contributed by atoms with Crippen LogP contribution in [0.2, 0.25) is 0 Å². The van der Waals surface area contributed by atoms with Gasteiger partial charge in [-0.05, 0) is 96.7 Å². The average molecular weight is 1040 g/mol. The third-order valence-corrected chi connectivity index (χ3v) is 17.0. The highest BCUT2D eigenvalue weighted by atomic mass is 16.5. The standard InChI is InChI=1S/C76H54N4O/c1-76(2,3)52-37-35-48(36-38-52)51-43-68-62-28-15-11-24-58(62)57-23-10-13-26-60(57)65-31-17-32-67-64-42-40-54(45-71(64)80(73(65)67)75(68)77-46-51)81-53-39-41-63-59-25-12-14-27-61(59)66-33-18-34-69-74(66)79(70(63)44-53)47-78(69)72-55(49-19-6-4-7-20-49)29-16-30-56(72)50-21-8-5-9-22-50/h4-46H,47H2,1-3H3. The molecule has 0 spiro atoms. The predicted molar refractivity (Wildman–Crippen MR) is 340 cm³/mol. The molecule has 5 nitrogen and oxygen atoms in total. The number of aromatic nitrogens is 2. The van der Waals surface area contributed by atoms with Crippen molar-refractivity contribution in [3.63, 3.8) is 0 Å². The van der Waals surface area contributed by atoms with Crippen LogP contribution in [-0.4, -0.2) is 16.1 Å². The summed E-state index contributed by atoms with van der Waals surface area (Å²) >= 11 is 0. The Morgan fingerprint density at radius 2 is 0.877 bits per heavy atom. The minimum absolute atomic E-state index is 0.0475. The Labute approximate surface area is 470 Å². The lowest BCUT2D eigenvalue weighted by Gasteiger charge is -2.28. The molecule has 0 fully saturated rings. The van der Waals surface area contributed by atoms with Crippen molar-refractivity contribution in [2.75, 3.05) is 16.5 Å². The van der Waals surface area contributed by atoms with Crippen LogP contribution < -0.4 is 14.5 Å². The molecule has 3 aromatic heterocycles. The van der Waals surface area contributed by atoms with Gasteiger partial charge < -0.3 is 14.5 Å². The number of hydrogen-bond acceptors (Lipinski definition) is 4. The second-order valence-electron chi connectivity index (χ2n) is 22.7. The number of ether oxygens (including phenoxy) is 1. The van der Waals surface area contributed by atoms with Crippen molar-refractivity contribution in [1.29, 1.82) is 0 Å². The van der Waals surface area contributed by atoms with Crippen LogP contribution in [0.15, 0.2) is 261 Å². The molecule has 0 amide bonds. The molecule has 5 heterocycles. The summed E-state index contributed by atoms with van der Waals surface area (Å²) in [5, 5.41) is 9.18. The third kappa shape index (κ3) is 7.42. The summed E-state index contributed by atoms with van der Waals surface area (Å²) in [6.45, 7) is 7.38. The first-order valence-electron chi connectivity index (χ1n) is 28.0. The van der Waals surface area contributed by atoms with Gasteiger partial charge in [-0.1, -0.05) is 227 Å². The number of fused-ring (bicyclic) bond motifs is 15. The van der Waals surface area contributed by atoms with E-state index < -0.39 is 0 Å². The smallest absolute Gasteiger partial charge is 0.145 e. The molecule has 0 aliphatic carbocycles. The van der Waals surface area contributed by atoms with Gasteiger partial charge in [0.05, 0.1) is 33.8 Å². The lowest BCUT2D eigenvalue weighted by atomic mass is 9.86. The molecular formula is C76H54N4O. The van der Waals surface area contributed by atoms with Crippen LogP contribution in [0.3, 0.4) is 0 Å². The highest BCUT2D eigenvalue weighted by Crippen LogP contribution is 2.58. The number of hydrogen-bond donors (Lipinski definition) is 0. The number of rotatable bonds is 6. The largest absolute Gasteiger partial charge is 0.457 e. The van der Waals surface area contributed by atoms with Crippen molar-refractivity contribution in [1.82, 2.24) is 9.38 Å². The zero-order chi connectivity index (χ0) is 53.9. The molecule has 14 aromatic rings. The normalized spacial score (nSPS) is 12.8. The van der Waals surface area contributed by atoms with E-state index in [1.807, 2.05) is 0 Å². The van der Waals surface area contributed by atoms with E-state index in [9.17, 15) is 0 Å². The van der Waals surface area contributed by atoms with E-state index in [1.165, 1.54) is 72.0 Å². The summed E-state index contributed by atoms with van der Waals surface area (Å²) in [6, 6.07) is 93.0. The molecule has 0 unspecified atom stereocenters. The molecule has 0 N–H and O–H groups in total. The summed E-state index contributed by atoms with van der Waals surface area (Å²) in [5.74, 6) is 1.49. The van der Waals surface area contributed by atoms with Crippen LogP contribution in [0, 0.1) is 0 Å². The van der Waals surface area contributed by atoms with E-state index in [0.29, 0.717) is 6.67 Å². The Bertz CT molecular complexity index is 4860. The fourth-order valence-electron chi connectivity index (χ4n) is 13.2. The van der Waals surface area contributed by atoms with E-state index in [0.717, 1.165) is 83.2 Å². The summed E-state index contributed by atoms with van der Waals surface area (Å²) < 4.78 is 9.60. The highest BCUT2D eigenvalue weighted by molar-refractivity contribution is 6.25. The van der Waals surface area contributed by atoms with Crippen LogP contribution >= 0.6 is 0 Å². The van der Waals surface area contributed by atoms with Crippen LogP contribution in [0.5, 0.6) is 11.5 Å². The molecular weight excluding hydrogens is 985 g/mol. The van der Waals surface area contributed by atoms with Gasteiger partial charge in [0.15, 0.2) is 0 Å². The fourth-order valence-corrected chi connectivity index (χ4v) is 13.2. The van der Waals surface area contributed by atoms with Gasteiger partial charge in [-0.15, -0.1) is 0 Å². The minimum Gasteiger partial charge on any atom is -0.457 e. The lowest BCUT2D eigenvalue weighted by Crippen LogP contribution is -2.25. The summed E-state index contributed by atoms with van der Waals surface area (Å²) in [7, 11) is 0. The van der Waals surface area contributed by atoms with Crippen molar-refractivity contribution in [2.45, 2.75) is 26.2 Å². The summed E-state index contributed by atoms with van der Waals surface area (Å²) in [4.78, 5) is 10.6. The Hall–Kier alpha value is -10.2. The molecule has 0 bridgehead atoms. The van der Waals surface area contributed by atoms with Gasteiger partial charge in [0.2, 0.25) is 0 Å². The highest BCUT2D eigenvalue weighted by Gasteiger charge is 2.37. The van der Waals surface area contributed by atoms with Gasteiger partial charge in [0.1, 0.15) is 23.8 Å². The third-order valence-electron chi connectivity index (χ3n) is 17.0.